The maximum atomic E-state index is 12.9. The lowest BCUT2D eigenvalue weighted by Gasteiger charge is -2.15. The van der Waals surface area contributed by atoms with Crippen molar-refractivity contribution in [2.24, 2.45) is 0 Å². The van der Waals surface area contributed by atoms with E-state index < -0.39 is 0 Å². The van der Waals surface area contributed by atoms with Gasteiger partial charge in [-0.05, 0) is 54.1 Å². The van der Waals surface area contributed by atoms with E-state index in [0.717, 1.165) is 27.9 Å². The Morgan fingerprint density at radius 1 is 1.12 bits per heavy atom. The number of thioether (sulfide) groups is 1. The van der Waals surface area contributed by atoms with Crippen LogP contribution in [0.15, 0.2) is 53.4 Å². The van der Waals surface area contributed by atoms with Gasteiger partial charge in [0.1, 0.15) is 5.82 Å². The molecule has 2 aromatic rings. The van der Waals surface area contributed by atoms with Gasteiger partial charge in [-0.15, -0.1) is 0 Å². The van der Waals surface area contributed by atoms with Gasteiger partial charge in [-0.1, -0.05) is 30.3 Å². The van der Waals surface area contributed by atoms with Crippen molar-refractivity contribution in [2.75, 3.05) is 12.0 Å². The number of aryl methyl sites for hydroxylation is 1. The number of amides is 2. The molecule has 0 aliphatic carbocycles. The third-order valence-corrected chi connectivity index (χ3v) is 4.52. The van der Waals surface area contributed by atoms with Crippen LogP contribution in [-0.4, -0.2) is 22.7 Å². The fourth-order valence-electron chi connectivity index (χ4n) is 2.28. The van der Waals surface area contributed by atoms with Crippen molar-refractivity contribution < 1.29 is 14.0 Å². The summed E-state index contributed by atoms with van der Waals surface area (Å²) in [5, 5.41) is 2.78. The number of hydrogen-bond donors (Lipinski definition) is 1. The molecule has 6 heteroatoms. The van der Waals surface area contributed by atoms with Crippen LogP contribution >= 0.6 is 11.8 Å². The number of rotatable bonds is 4. The van der Waals surface area contributed by atoms with Crippen LogP contribution in [0.1, 0.15) is 11.1 Å². The minimum absolute atomic E-state index is 0.107. The number of carbonyl (C=O) groups excluding carboxylic acids is 2. The molecule has 1 N–H and O–H groups in total. The van der Waals surface area contributed by atoms with Crippen molar-refractivity contribution in [1.82, 2.24) is 4.90 Å². The number of nitrogens with zero attached hydrogens (tertiary/aromatic N) is 1. The first-order valence-corrected chi connectivity index (χ1v) is 8.17. The topological polar surface area (TPSA) is 49.4 Å². The van der Waals surface area contributed by atoms with Crippen LogP contribution in [0.4, 0.5) is 14.9 Å². The Balaban J connectivity index is 1.72. The molecule has 1 saturated heterocycles. The van der Waals surface area contributed by atoms with Crippen molar-refractivity contribution in [3.05, 3.63) is 70.4 Å². The molecule has 122 valence electrons. The number of anilines is 1. The van der Waals surface area contributed by atoms with E-state index in [9.17, 15) is 14.0 Å². The fourth-order valence-corrected chi connectivity index (χ4v) is 3.12. The van der Waals surface area contributed by atoms with E-state index in [-0.39, 0.29) is 23.6 Å². The summed E-state index contributed by atoms with van der Waals surface area (Å²) < 4.78 is 12.9. The zero-order valence-corrected chi connectivity index (χ0v) is 13.8. The first-order valence-electron chi connectivity index (χ1n) is 7.35. The zero-order valence-electron chi connectivity index (χ0n) is 13.0. The van der Waals surface area contributed by atoms with Crippen molar-refractivity contribution >= 4 is 34.7 Å². The predicted molar refractivity (Wildman–Crippen MR) is 93.9 cm³/mol. The largest absolute Gasteiger partial charge is 0.367 e. The highest BCUT2D eigenvalue weighted by molar-refractivity contribution is 8.18. The minimum Gasteiger partial charge on any atom is -0.367 e. The van der Waals surface area contributed by atoms with Crippen molar-refractivity contribution in [3.63, 3.8) is 0 Å². The molecule has 1 aliphatic rings. The number of nitrogens with one attached hydrogen (secondary N) is 1. The summed E-state index contributed by atoms with van der Waals surface area (Å²) in [5.41, 5.74) is 2.58. The number of para-hydroxylation sites is 1. The third-order valence-electron chi connectivity index (χ3n) is 3.61. The fraction of sp³-hybridized carbons (Fsp3) is 0.111. The average Bonchev–Trinajstić information content (AvgIpc) is 2.83. The van der Waals surface area contributed by atoms with E-state index in [1.165, 1.54) is 12.1 Å². The summed E-state index contributed by atoms with van der Waals surface area (Å²) in [4.78, 5) is 26.0. The minimum atomic E-state index is -0.351. The van der Waals surface area contributed by atoms with Crippen LogP contribution in [0.5, 0.6) is 0 Å². The van der Waals surface area contributed by atoms with Gasteiger partial charge in [0.15, 0.2) is 0 Å². The van der Waals surface area contributed by atoms with Crippen LogP contribution in [-0.2, 0) is 4.79 Å². The molecule has 2 aromatic carbocycles. The molecule has 0 spiro atoms. The SMILES string of the molecule is Cc1ccccc1NCN1C(=O)S/C(=C/c2ccc(F)cc2)C1=O. The molecular weight excluding hydrogens is 327 g/mol. The molecule has 0 unspecified atom stereocenters. The first-order chi connectivity index (χ1) is 11.5. The summed E-state index contributed by atoms with van der Waals surface area (Å²) in [6.45, 7) is 2.06. The Morgan fingerprint density at radius 3 is 2.54 bits per heavy atom. The highest BCUT2D eigenvalue weighted by atomic mass is 32.2. The van der Waals surface area contributed by atoms with Crippen molar-refractivity contribution in [2.45, 2.75) is 6.92 Å². The van der Waals surface area contributed by atoms with Gasteiger partial charge in [0, 0.05) is 5.69 Å². The second-order valence-corrected chi connectivity index (χ2v) is 6.30. The molecular formula is C18H15FN2O2S. The second kappa shape index (κ2) is 6.88. The normalized spacial score (nSPS) is 16.1. The molecule has 0 aromatic heterocycles. The first kappa shape index (κ1) is 16.3. The standard InChI is InChI=1S/C18H15FN2O2S/c1-12-4-2-3-5-15(12)20-11-21-17(22)16(24-18(21)23)10-13-6-8-14(19)9-7-13/h2-10,20H,11H2,1H3/b16-10+. The van der Waals surface area contributed by atoms with Crippen LogP contribution in [0, 0.1) is 12.7 Å². The molecule has 1 heterocycles. The van der Waals surface area contributed by atoms with E-state index in [4.69, 9.17) is 0 Å². The summed E-state index contributed by atoms with van der Waals surface area (Å²) in [7, 11) is 0. The quantitative estimate of drug-likeness (QED) is 0.845. The Morgan fingerprint density at radius 2 is 1.83 bits per heavy atom. The summed E-state index contributed by atoms with van der Waals surface area (Å²) in [6, 6.07) is 13.4. The monoisotopic (exact) mass is 342 g/mol. The Bertz CT molecular complexity index is 818. The van der Waals surface area contributed by atoms with Gasteiger partial charge in [0.2, 0.25) is 0 Å². The summed E-state index contributed by atoms with van der Waals surface area (Å²) in [6.07, 6.45) is 1.60. The Hall–Kier alpha value is -2.60. The maximum Gasteiger partial charge on any atom is 0.295 e. The molecule has 3 rings (SSSR count). The lowest BCUT2D eigenvalue weighted by molar-refractivity contribution is -0.122. The van der Waals surface area contributed by atoms with E-state index in [1.54, 1.807) is 18.2 Å². The van der Waals surface area contributed by atoms with Crippen molar-refractivity contribution in [3.8, 4) is 0 Å². The van der Waals surface area contributed by atoms with Crippen LogP contribution in [0.2, 0.25) is 0 Å². The Kier molecular flexibility index (Phi) is 4.66. The number of halogens is 1. The predicted octanol–water partition coefficient (Wildman–Crippen LogP) is 4.24. The van der Waals surface area contributed by atoms with E-state index in [1.807, 2.05) is 31.2 Å². The zero-order chi connectivity index (χ0) is 17.1. The van der Waals surface area contributed by atoms with E-state index >= 15 is 0 Å². The molecule has 0 bridgehead atoms. The van der Waals surface area contributed by atoms with Gasteiger partial charge >= 0.3 is 0 Å². The molecule has 24 heavy (non-hydrogen) atoms. The van der Waals surface area contributed by atoms with E-state index in [0.29, 0.717) is 10.5 Å². The van der Waals surface area contributed by atoms with Crippen LogP contribution in [0.3, 0.4) is 0 Å². The van der Waals surface area contributed by atoms with Gasteiger partial charge in [-0.3, -0.25) is 14.5 Å². The number of hydrogen-bond acceptors (Lipinski definition) is 4. The number of benzene rings is 2. The van der Waals surface area contributed by atoms with Crippen LogP contribution < -0.4 is 5.32 Å². The molecule has 0 radical (unpaired) electrons. The van der Waals surface area contributed by atoms with E-state index in [2.05, 4.69) is 5.32 Å². The summed E-state index contributed by atoms with van der Waals surface area (Å²) in [5.74, 6) is -0.696. The molecule has 0 atom stereocenters. The molecule has 0 saturated carbocycles. The van der Waals surface area contributed by atoms with Gasteiger partial charge in [0.25, 0.3) is 11.1 Å². The highest BCUT2D eigenvalue weighted by Gasteiger charge is 2.34. The third kappa shape index (κ3) is 3.49. The second-order valence-electron chi connectivity index (χ2n) is 5.31. The van der Waals surface area contributed by atoms with Gasteiger partial charge in [0.05, 0.1) is 11.6 Å². The van der Waals surface area contributed by atoms with Crippen LogP contribution in [0.25, 0.3) is 6.08 Å². The lowest BCUT2D eigenvalue weighted by atomic mass is 10.2. The number of carbonyl (C=O) groups is 2. The molecule has 4 nitrogen and oxygen atoms in total. The van der Waals surface area contributed by atoms with Crippen molar-refractivity contribution in [1.29, 1.82) is 0 Å². The average molecular weight is 342 g/mol. The maximum absolute atomic E-state index is 12.9. The Labute approximate surface area is 143 Å². The van der Waals surface area contributed by atoms with Gasteiger partial charge < -0.3 is 5.32 Å². The smallest absolute Gasteiger partial charge is 0.295 e. The van der Waals surface area contributed by atoms with Gasteiger partial charge in [-0.2, -0.15) is 0 Å². The summed E-state index contributed by atoms with van der Waals surface area (Å²) >= 11 is 0.885. The molecule has 1 aliphatic heterocycles. The number of imide groups is 1. The van der Waals surface area contributed by atoms with Gasteiger partial charge in [-0.25, -0.2) is 4.39 Å². The molecule has 2 amide bonds. The molecule has 1 fully saturated rings. The highest BCUT2D eigenvalue weighted by Crippen LogP contribution is 2.32. The lowest BCUT2D eigenvalue weighted by Crippen LogP contribution is -2.33.